The average molecular weight is 337 g/mol. The maximum atomic E-state index is 12.6. The summed E-state index contributed by atoms with van der Waals surface area (Å²) in [6.07, 6.45) is 5.34. The van der Waals surface area contributed by atoms with Gasteiger partial charge in [0.1, 0.15) is 5.82 Å². The average Bonchev–Trinajstić information content (AvgIpc) is 3.07. The monoisotopic (exact) mass is 337 g/mol. The van der Waals surface area contributed by atoms with E-state index in [-0.39, 0.29) is 11.8 Å². The summed E-state index contributed by atoms with van der Waals surface area (Å²) in [5.41, 5.74) is 3.20. The molecule has 6 heteroatoms. The Kier molecular flexibility index (Phi) is 4.36. The number of nitrogens with one attached hydrogen (secondary N) is 1. The Morgan fingerprint density at radius 1 is 1.16 bits per heavy atom. The predicted molar refractivity (Wildman–Crippen MR) is 97.9 cm³/mol. The second-order valence-electron chi connectivity index (χ2n) is 6.82. The number of carbonyl (C=O) groups is 1. The van der Waals surface area contributed by atoms with Crippen molar-refractivity contribution >= 4 is 17.4 Å². The molecule has 1 amide bonds. The number of anilines is 2. The van der Waals surface area contributed by atoms with E-state index in [0.29, 0.717) is 5.82 Å². The van der Waals surface area contributed by atoms with Crippen LogP contribution in [0.3, 0.4) is 0 Å². The van der Waals surface area contributed by atoms with Crippen LogP contribution in [0.1, 0.15) is 23.6 Å². The van der Waals surface area contributed by atoms with Crippen LogP contribution in [0.15, 0.2) is 36.7 Å². The minimum Gasteiger partial charge on any atom is -0.368 e. The van der Waals surface area contributed by atoms with Crippen LogP contribution in [0.2, 0.25) is 0 Å². The smallest absolute Gasteiger partial charge is 0.234 e. The van der Waals surface area contributed by atoms with Crippen LogP contribution >= 0.6 is 0 Å². The molecular formula is C19H23N5O. The maximum Gasteiger partial charge on any atom is 0.234 e. The first-order chi connectivity index (χ1) is 12.2. The SMILES string of the molecule is CN1CCN(c2ccc(NC(=O)C3CCc4cccnc43)nc2)CC1. The van der Waals surface area contributed by atoms with E-state index < -0.39 is 0 Å². The van der Waals surface area contributed by atoms with Crippen molar-refractivity contribution in [2.45, 2.75) is 18.8 Å². The van der Waals surface area contributed by atoms with Crippen LogP contribution in [-0.2, 0) is 11.2 Å². The van der Waals surface area contributed by atoms with Gasteiger partial charge in [-0.1, -0.05) is 6.07 Å². The molecule has 0 spiro atoms. The fourth-order valence-electron chi connectivity index (χ4n) is 3.59. The molecule has 1 aliphatic carbocycles. The number of hydrogen-bond acceptors (Lipinski definition) is 5. The normalized spacial score (nSPS) is 20.4. The molecule has 130 valence electrons. The molecule has 4 rings (SSSR count). The summed E-state index contributed by atoms with van der Waals surface area (Å²) >= 11 is 0. The third-order valence-electron chi connectivity index (χ3n) is 5.14. The summed E-state index contributed by atoms with van der Waals surface area (Å²) in [6, 6.07) is 7.91. The largest absolute Gasteiger partial charge is 0.368 e. The number of hydrogen-bond donors (Lipinski definition) is 1. The first kappa shape index (κ1) is 16.0. The summed E-state index contributed by atoms with van der Waals surface area (Å²) in [6.45, 7) is 4.14. The Hall–Kier alpha value is -2.47. The summed E-state index contributed by atoms with van der Waals surface area (Å²) < 4.78 is 0. The molecule has 1 aliphatic heterocycles. The molecule has 0 radical (unpaired) electrons. The van der Waals surface area contributed by atoms with Crippen molar-refractivity contribution in [3.05, 3.63) is 47.9 Å². The molecule has 2 aromatic rings. The van der Waals surface area contributed by atoms with Gasteiger partial charge in [-0.3, -0.25) is 9.78 Å². The number of carbonyl (C=O) groups excluding carboxylic acids is 1. The minimum atomic E-state index is -0.171. The van der Waals surface area contributed by atoms with Crippen LogP contribution in [0.5, 0.6) is 0 Å². The highest BCUT2D eigenvalue weighted by atomic mass is 16.2. The summed E-state index contributed by atoms with van der Waals surface area (Å²) in [5, 5.41) is 2.95. The van der Waals surface area contributed by atoms with Gasteiger partial charge in [0.2, 0.25) is 5.91 Å². The van der Waals surface area contributed by atoms with Crippen LogP contribution in [0.4, 0.5) is 11.5 Å². The molecule has 1 fully saturated rings. The van der Waals surface area contributed by atoms with Gasteiger partial charge in [-0.25, -0.2) is 4.98 Å². The third-order valence-corrected chi connectivity index (χ3v) is 5.14. The molecule has 0 aromatic carbocycles. The number of likely N-dealkylation sites (N-methyl/N-ethyl adjacent to an activating group) is 1. The topological polar surface area (TPSA) is 61.4 Å². The van der Waals surface area contributed by atoms with E-state index in [2.05, 4.69) is 38.2 Å². The molecule has 1 atom stereocenters. The lowest BCUT2D eigenvalue weighted by Gasteiger charge is -2.33. The van der Waals surface area contributed by atoms with Crippen LogP contribution in [0, 0.1) is 0 Å². The Bertz CT molecular complexity index is 753. The molecule has 2 aromatic heterocycles. The van der Waals surface area contributed by atoms with E-state index in [0.717, 1.165) is 50.4 Å². The fourth-order valence-corrected chi connectivity index (χ4v) is 3.59. The van der Waals surface area contributed by atoms with Crippen LogP contribution < -0.4 is 10.2 Å². The first-order valence-electron chi connectivity index (χ1n) is 8.85. The third kappa shape index (κ3) is 3.35. The lowest BCUT2D eigenvalue weighted by atomic mass is 10.1. The molecule has 0 bridgehead atoms. The van der Waals surface area contributed by atoms with Gasteiger partial charge in [-0.15, -0.1) is 0 Å². The highest BCUT2D eigenvalue weighted by Gasteiger charge is 2.29. The Morgan fingerprint density at radius 3 is 2.76 bits per heavy atom. The zero-order chi connectivity index (χ0) is 17.2. The molecule has 1 saturated heterocycles. The quantitative estimate of drug-likeness (QED) is 0.927. The van der Waals surface area contributed by atoms with E-state index in [1.807, 2.05) is 24.4 Å². The minimum absolute atomic E-state index is 0.0164. The van der Waals surface area contributed by atoms with E-state index in [1.54, 1.807) is 6.20 Å². The van der Waals surface area contributed by atoms with Gasteiger partial charge < -0.3 is 15.1 Å². The molecule has 1 unspecified atom stereocenters. The predicted octanol–water partition coefficient (Wildman–Crippen LogP) is 1.90. The zero-order valence-electron chi connectivity index (χ0n) is 14.5. The lowest BCUT2D eigenvalue weighted by Crippen LogP contribution is -2.44. The van der Waals surface area contributed by atoms with Crippen molar-refractivity contribution in [3.8, 4) is 0 Å². The number of fused-ring (bicyclic) bond motifs is 1. The van der Waals surface area contributed by atoms with E-state index in [1.165, 1.54) is 5.56 Å². The fraction of sp³-hybridized carbons (Fsp3) is 0.421. The van der Waals surface area contributed by atoms with E-state index in [9.17, 15) is 4.79 Å². The maximum absolute atomic E-state index is 12.6. The Labute approximate surface area is 147 Å². The summed E-state index contributed by atoms with van der Waals surface area (Å²) in [4.78, 5) is 26.1. The standard InChI is InChI=1S/C19H23N5O/c1-23-9-11-24(12-10-23)15-5-7-17(21-13-15)22-19(25)16-6-4-14-3-2-8-20-18(14)16/h2-3,5,7-8,13,16H,4,6,9-12H2,1H3,(H,21,22,25). The van der Waals surface area contributed by atoms with E-state index in [4.69, 9.17) is 0 Å². The summed E-state index contributed by atoms with van der Waals surface area (Å²) in [7, 11) is 2.14. The number of aromatic nitrogens is 2. The van der Waals surface area contributed by atoms with Crippen LogP contribution in [0.25, 0.3) is 0 Å². The van der Waals surface area contributed by atoms with Crippen molar-refractivity contribution in [3.63, 3.8) is 0 Å². The number of aryl methyl sites for hydroxylation is 1. The van der Waals surface area contributed by atoms with Gasteiger partial charge in [0.15, 0.2) is 0 Å². The summed E-state index contributed by atoms with van der Waals surface area (Å²) in [5.74, 6) is 0.417. The van der Waals surface area contributed by atoms with Gasteiger partial charge in [0.05, 0.1) is 23.5 Å². The molecule has 2 aliphatic rings. The highest BCUT2D eigenvalue weighted by Crippen LogP contribution is 2.32. The van der Waals surface area contributed by atoms with Crippen molar-refractivity contribution in [2.24, 2.45) is 0 Å². The Morgan fingerprint density at radius 2 is 2.00 bits per heavy atom. The van der Waals surface area contributed by atoms with Crippen LogP contribution in [-0.4, -0.2) is 54.0 Å². The van der Waals surface area contributed by atoms with Crippen molar-refractivity contribution in [1.29, 1.82) is 0 Å². The second kappa shape index (κ2) is 6.80. The Balaban J connectivity index is 1.41. The lowest BCUT2D eigenvalue weighted by molar-refractivity contribution is -0.117. The van der Waals surface area contributed by atoms with Gasteiger partial charge >= 0.3 is 0 Å². The van der Waals surface area contributed by atoms with Crippen molar-refractivity contribution < 1.29 is 4.79 Å². The highest BCUT2D eigenvalue weighted by molar-refractivity contribution is 5.95. The molecule has 25 heavy (non-hydrogen) atoms. The number of piperazine rings is 1. The van der Waals surface area contributed by atoms with E-state index >= 15 is 0 Å². The van der Waals surface area contributed by atoms with Gasteiger partial charge in [-0.2, -0.15) is 0 Å². The zero-order valence-corrected chi connectivity index (χ0v) is 14.5. The molecule has 1 N–H and O–H groups in total. The van der Waals surface area contributed by atoms with Gasteiger partial charge in [-0.05, 0) is 43.7 Å². The number of amides is 1. The first-order valence-corrected chi connectivity index (χ1v) is 8.85. The van der Waals surface area contributed by atoms with Crippen molar-refractivity contribution in [1.82, 2.24) is 14.9 Å². The number of rotatable bonds is 3. The van der Waals surface area contributed by atoms with Gasteiger partial charge in [0, 0.05) is 32.4 Å². The molecule has 0 saturated carbocycles. The molecule has 3 heterocycles. The number of nitrogens with zero attached hydrogens (tertiary/aromatic N) is 4. The van der Waals surface area contributed by atoms with Gasteiger partial charge in [0.25, 0.3) is 0 Å². The van der Waals surface area contributed by atoms with Crippen molar-refractivity contribution in [2.75, 3.05) is 43.4 Å². The number of pyridine rings is 2. The molecule has 6 nitrogen and oxygen atoms in total. The molecular weight excluding hydrogens is 314 g/mol. The second-order valence-corrected chi connectivity index (χ2v) is 6.82.